The molecule has 0 radical (unpaired) electrons. The van der Waals surface area contributed by atoms with Gasteiger partial charge < -0.3 is 18.3 Å². The lowest BCUT2D eigenvalue weighted by Gasteiger charge is -2.35. The van der Waals surface area contributed by atoms with E-state index in [0.29, 0.717) is 24.3 Å². The Bertz CT molecular complexity index is 2530. The highest BCUT2D eigenvalue weighted by molar-refractivity contribution is 7.43. The number of rotatable bonds is 20. The summed E-state index contributed by atoms with van der Waals surface area (Å²) in [6.07, 6.45) is 18.5. The summed E-state index contributed by atoms with van der Waals surface area (Å²) in [5, 5.41) is 0. The van der Waals surface area contributed by atoms with Crippen LogP contribution in [-0.2, 0) is 38.2 Å². The van der Waals surface area contributed by atoms with Crippen molar-refractivity contribution in [1.29, 1.82) is 0 Å². The van der Waals surface area contributed by atoms with Gasteiger partial charge in [0.15, 0.2) is 0 Å². The van der Waals surface area contributed by atoms with E-state index < -0.39 is 14.0 Å². The van der Waals surface area contributed by atoms with Gasteiger partial charge in [0, 0.05) is 28.7 Å². The molecule has 6 rings (SSSR count). The van der Waals surface area contributed by atoms with Gasteiger partial charge in [-0.1, -0.05) is 279 Å². The number of hydrogen-bond acceptors (Lipinski definition) is 5. The van der Waals surface area contributed by atoms with Gasteiger partial charge in [0.2, 0.25) is 0 Å². The lowest BCUT2D eigenvalue weighted by molar-refractivity contribution is 0.0495. The molecule has 0 saturated heterocycles. The van der Waals surface area contributed by atoms with Gasteiger partial charge in [0.1, 0.15) is 17.2 Å². The van der Waals surface area contributed by atoms with Crippen LogP contribution in [0, 0.1) is 0 Å². The normalized spacial score (nSPS) is 13.6. The monoisotopic (exact) mass is 1020 g/mol. The van der Waals surface area contributed by atoms with Crippen LogP contribution in [0.3, 0.4) is 0 Å². The van der Waals surface area contributed by atoms with E-state index in [1.54, 1.807) is 0 Å². The van der Waals surface area contributed by atoms with Crippen molar-refractivity contribution in [1.82, 2.24) is 0 Å². The first-order valence-electron chi connectivity index (χ1n) is 28.5. The molecule has 5 nitrogen and oxygen atoms in total. The predicted molar refractivity (Wildman–Crippen MR) is 316 cm³/mol. The first-order valence-corrected chi connectivity index (χ1v) is 29.6. The number of carbonyl (C=O) groups excluding carboxylic acids is 1. The summed E-state index contributed by atoms with van der Waals surface area (Å²) in [7, 11) is -2.20. The highest BCUT2D eigenvalue weighted by Gasteiger charge is 2.39. The largest absolute Gasteiger partial charge is 0.530 e. The Balaban J connectivity index is 1.45. The maximum atomic E-state index is 14.8. The Hall–Kier alpha value is -4.60. The molecule has 0 N–H and O–H groups in total. The van der Waals surface area contributed by atoms with Crippen molar-refractivity contribution in [3.63, 3.8) is 0 Å². The topological polar surface area (TPSA) is 54.0 Å². The first-order chi connectivity index (χ1) is 34.8. The van der Waals surface area contributed by atoms with Crippen LogP contribution < -0.4 is 13.6 Å². The van der Waals surface area contributed by atoms with Crippen molar-refractivity contribution in [3.05, 3.63) is 136 Å². The van der Waals surface area contributed by atoms with Gasteiger partial charge >= 0.3 is 14.6 Å². The lowest BCUT2D eigenvalue weighted by atomic mass is 9.76. The molecular formula is C68H95O5P. The summed E-state index contributed by atoms with van der Waals surface area (Å²) in [5.74, 6) is 1.91. The third-order valence-corrected chi connectivity index (χ3v) is 15.7. The zero-order valence-electron chi connectivity index (χ0n) is 49.0. The Labute approximate surface area is 451 Å². The van der Waals surface area contributed by atoms with E-state index in [1.807, 2.05) is 30.3 Å². The zero-order chi connectivity index (χ0) is 54.1. The molecular weight excluding hydrogens is 928 g/mol. The van der Waals surface area contributed by atoms with Crippen molar-refractivity contribution in [2.24, 2.45) is 0 Å². The van der Waals surface area contributed by atoms with Gasteiger partial charge in [-0.3, -0.25) is 0 Å². The molecule has 0 amide bonds. The second-order valence-electron chi connectivity index (χ2n) is 26.5. The SMILES string of the molecule is CCCCCCCCCCCCCCCCOC(=O)c1cc(-c2ccccc2)c(OP2Oc3c(cc(C(C)(C)C)cc3C(C)(C)C)Cc3cc(C(C)(C)C)cc(C(C)(C)C)c3O2)c(-c2ccccc2)c1C(C)(C)C. The summed E-state index contributed by atoms with van der Waals surface area (Å²) < 4.78 is 28.8. The Morgan fingerprint density at radius 3 is 1.32 bits per heavy atom. The number of unbranched alkanes of at least 4 members (excludes halogenated alkanes) is 13. The van der Waals surface area contributed by atoms with Crippen molar-refractivity contribution >= 4 is 14.6 Å². The maximum Gasteiger partial charge on any atom is 0.530 e. The highest BCUT2D eigenvalue weighted by Crippen LogP contribution is 2.57. The van der Waals surface area contributed by atoms with E-state index in [9.17, 15) is 4.79 Å². The fourth-order valence-corrected chi connectivity index (χ4v) is 11.5. The number of hydrogen-bond donors (Lipinski definition) is 0. The quantitative estimate of drug-likeness (QED) is 0.0442. The summed E-state index contributed by atoms with van der Waals surface area (Å²) >= 11 is 0. The predicted octanol–water partition coefficient (Wildman–Crippen LogP) is 20.8. The summed E-state index contributed by atoms with van der Waals surface area (Å²) in [5.41, 5.74) is 10.6. The van der Waals surface area contributed by atoms with Crippen LogP contribution in [0.15, 0.2) is 91.0 Å². The Morgan fingerprint density at radius 2 is 0.919 bits per heavy atom. The maximum absolute atomic E-state index is 14.8. The Morgan fingerprint density at radius 1 is 0.500 bits per heavy atom. The van der Waals surface area contributed by atoms with Crippen LogP contribution in [-0.4, -0.2) is 12.6 Å². The van der Waals surface area contributed by atoms with E-state index in [0.717, 1.165) is 80.8 Å². The molecule has 0 unspecified atom stereocenters. The van der Waals surface area contributed by atoms with Gasteiger partial charge in [0.25, 0.3) is 0 Å². The second-order valence-corrected chi connectivity index (χ2v) is 27.5. The molecule has 0 spiro atoms. The van der Waals surface area contributed by atoms with Crippen LogP contribution in [0.5, 0.6) is 17.2 Å². The Kier molecular flexibility index (Phi) is 19.8. The van der Waals surface area contributed by atoms with Crippen molar-refractivity contribution in [2.75, 3.05) is 6.61 Å². The number of ether oxygens (including phenoxy) is 1. The van der Waals surface area contributed by atoms with Crippen LogP contribution in [0.1, 0.15) is 250 Å². The zero-order valence-corrected chi connectivity index (χ0v) is 49.9. The summed E-state index contributed by atoms with van der Waals surface area (Å²) in [6.45, 7) is 36.5. The smallest absolute Gasteiger partial charge is 0.462 e. The fourth-order valence-electron chi connectivity index (χ4n) is 10.3. The van der Waals surface area contributed by atoms with Crippen molar-refractivity contribution < 1.29 is 23.1 Å². The average Bonchev–Trinajstić information content (AvgIpc) is 3.31. The molecule has 0 aliphatic carbocycles. The molecule has 1 aliphatic rings. The minimum atomic E-state index is -2.20. The molecule has 5 aromatic rings. The summed E-state index contributed by atoms with van der Waals surface area (Å²) in [6, 6.07) is 32.1. The average molecular weight is 1020 g/mol. The minimum Gasteiger partial charge on any atom is -0.462 e. The molecule has 0 fully saturated rings. The van der Waals surface area contributed by atoms with E-state index in [2.05, 4.69) is 171 Å². The molecule has 402 valence electrons. The first kappa shape index (κ1) is 58.7. The van der Waals surface area contributed by atoms with E-state index >= 15 is 0 Å². The second kappa shape index (κ2) is 25.0. The standard InChI is InChI=1S/C68H95O5P/c1-17-18-19-20-21-22-23-24-25-26-27-28-29-36-41-70-63(69)55-47-54(48-37-32-30-33-38-48)62(58(59(55)68(14,15)16)49-39-34-31-35-40-49)73-74-71-60-50(43-52(64(2,3)4)45-56(60)66(8,9)10)42-51-44-53(65(5,6)7)46-57(61(51)72-74)67(11,12)13/h30-35,37-40,43-47H,17-29,36,41-42H2,1-16H3. The van der Waals surface area contributed by atoms with Crippen molar-refractivity contribution in [2.45, 2.75) is 234 Å². The lowest BCUT2D eigenvalue weighted by Crippen LogP contribution is -2.23. The molecule has 0 aromatic heterocycles. The molecule has 0 atom stereocenters. The van der Waals surface area contributed by atoms with Crippen LogP contribution in [0.25, 0.3) is 22.3 Å². The van der Waals surface area contributed by atoms with Gasteiger partial charge in [-0.05, 0) is 78.5 Å². The molecule has 74 heavy (non-hydrogen) atoms. The minimum absolute atomic E-state index is 0.102. The van der Waals surface area contributed by atoms with E-state index in [4.69, 9.17) is 18.3 Å². The van der Waals surface area contributed by atoms with E-state index in [-0.39, 0.29) is 27.6 Å². The number of esters is 1. The fraction of sp³-hybridized carbons (Fsp3) is 0.544. The highest BCUT2D eigenvalue weighted by atomic mass is 31.2. The number of benzene rings is 5. The number of fused-ring (bicyclic) bond motifs is 2. The molecule has 5 aromatic carbocycles. The van der Waals surface area contributed by atoms with Crippen LogP contribution >= 0.6 is 8.60 Å². The number of carbonyl (C=O) groups is 1. The third-order valence-electron chi connectivity index (χ3n) is 14.7. The molecule has 1 heterocycles. The van der Waals surface area contributed by atoms with Crippen LogP contribution in [0.4, 0.5) is 0 Å². The third kappa shape index (κ3) is 15.5. The summed E-state index contributed by atoms with van der Waals surface area (Å²) in [4.78, 5) is 14.8. The molecule has 6 heteroatoms. The van der Waals surface area contributed by atoms with Crippen LogP contribution in [0.2, 0.25) is 0 Å². The van der Waals surface area contributed by atoms with Gasteiger partial charge in [-0.2, -0.15) is 0 Å². The van der Waals surface area contributed by atoms with Crippen molar-refractivity contribution in [3.8, 4) is 39.5 Å². The molecule has 0 saturated carbocycles. The van der Waals surface area contributed by atoms with Gasteiger partial charge in [0.05, 0.1) is 12.2 Å². The van der Waals surface area contributed by atoms with Gasteiger partial charge in [-0.15, -0.1) is 0 Å². The van der Waals surface area contributed by atoms with E-state index in [1.165, 1.54) is 81.8 Å². The molecule has 1 aliphatic heterocycles. The van der Waals surface area contributed by atoms with Gasteiger partial charge in [-0.25, -0.2) is 4.79 Å². The molecule has 0 bridgehead atoms.